The molecule has 1 N–H and O–H groups in total. The molecule has 1 aliphatic heterocycles. The van der Waals surface area contributed by atoms with Crippen molar-refractivity contribution in [1.29, 1.82) is 0 Å². The lowest BCUT2D eigenvalue weighted by atomic mass is 10.0. The van der Waals surface area contributed by atoms with Gasteiger partial charge in [-0.05, 0) is 57.3 Å². The summed E-state index contributed by atoms with van der Waals surface area (Å²) in [6.45, 7) is 8.07. The van der Waals surface area contributed by atoms with Crippen molar-refractivity contribution in [2.45, 2.75) is 33.1 Å². The molecule has 0 aliphatic carbocycles. The summed E-state index contributed by atoms with van der Waals surface area (Å²) in [6, 6.07) is 9.80. The van der Waals surface area contributed by atoms with E-state index in [1.165, 1.54) is 12.8 Å². The van der Waals surface area contributed by atoms with Gasteiger partial charge in [0.25, 0.3) is 0 Å². The van der Waals surface area contributed by atoms with Gasteiger partial charge in [0.15, 0.2) is 0 Å². The van der Waals surface area contributed by atoms with E-state index in [4.69, 9.17) is 4.52 Å². The third-order valence-electron chi connectivity index (χ3n) is 5.46. The minimum absolute atomic E-state index is 0.0246. The van der Waals surface area contributed by atoms with Crippen LogP contribution in [0.25, 0.3) is 17.1 Å². The normalized spacial score (nSPS) is 17.2. The van der Waals surface area contributed by atoms with E-state index in [9.17, 15) is 4.79 Å². The first-order chi connectivity index (χ1) is 14.6. The van der Waals surface area contributed by atoms with Gasteiger partial charge in [-0.1, -0.05) is 30.3 Å². The SMILES string of the molecule is Cc1nn(-c2ccccc2)cc1-c1noc(C(=O)NCCCN2CCC[C@@H](C)C2)n1. The van der Waals surface area contributed by atoms with Gasteiger partial charge in [-0.3, -0.25) is 4.79 Å². The number of benzene rings is 1. The number of carbonyl (C=O) groups is 1. The maximum atomic E-state index is 12.4. The summed E-state index contributed by atoms with van der Waals surface area (Å²) in [5, 5.41) is 11.4. The van der Waals surface area contributed by atoms with E-state index in [2.05, 4.69) is 32.4 Å². The molecule has 0 unspecified atom stereocenters. The van der Waals surface area contributed by atoms with Crippen LogP contribution in [0, 0.1) is 12.8 Å². The van der Waals surface area contributed by atoms with Gasteiger partial charge in [-0.2, -0.15) is 10.1 Å². The Bertz CT molecular complexity index is 981. The standard InChI is InChI=1S/C22H28N6O2/c1-16-8-6-12-27(14-16)13-7-11-23-21(29)22-24-20(26-30-22)19-15-28(25-17(19)2)18-9-4-3-5-10-18/h3-5,9-10,15-16H,6-8,11-14H2,1-2H3,(H,23,29)/t16-/m1/s1. The zero-order chi connectivity index (χ0) is 20.9. The number of aromatic nitrogens is 4. The third kappa shape index (κ3) is 4.76. The Hall–Kier alpha value is -3.00. The van der Waals surface area contributed by atoms with Gasteiger partial charge < -0.3 is 14.7 Å². The first-order valence-corrected chi connectivity index (χ1v) is 10.6. The molecule has 158 valence electrons. The van der Waals surface area contributed by atoms with E-state index < -0.39 is 0 Å². The molecule has 8 heteroatoms. The number of carbonyl (C=O) groups excluding carboxylic acids is 1. The van der Waals surface area contributed by atoms with Gasteiger partial charge in [0.2, 0.25) is 5.82 Å². The molecular weight excluding hydrogens is 380 g/mol. The van der Waals surface area contributed by atoms with Crippen molar-refractivity contribution in [2.75, 3.05) is 26.2 Å². The molecule has 0 bridgehead atoms. The van der Waals surface area contributed by atoms with Crippen LogP contribution in [-0.2, 0) is 0 Å². The highest BCUT2D eigenvalue weighted by Crippen LogP contribution is 2.21. The summed E-state index contributed by atoms with van der Waals surface area (Å²) in [7, 11) is 0. The van der Waals surface area contributed by atoms with Gasteiger partial charge in [0.05, 0.1) is 16.9 Å². The van der Waals surface area contributed by atoms with Gasteiger partial charge in [-0.25, -0.2) is 4.68 Å². The Kier molecular flexibility index (Phi) is 6.23. The van der Waals surface area contributed by atoms with Crippen molar-refractivity contribution in [3.63, 3.8) is 0 Å². The maximum absolute atomic E-state index is 12.4. The lowest BCUT2D eigenvalue weighted by Gasteiger charge is -2.30. The second-order valence-corrected chi connectivity index (χ2v) is 7.99. The highest BCUT2D eigenvalue weighted by atomic mass is 16.5. The fraction of sp³-hybridized carbons (Fsp3) is 0.455. The molecule has 1 fully saturated rings. The van der Waals surface area contributed by atoms with Gasteiger partial charge in [0, 0.05) is 19.3 Å². The first kappa shape index (κ1) is 20.3. The number of nitrogens with zero attached hydrogens (tertiary/aromatic N) is 5. The molecule has 8 nitrogen and oxygen atoms in total. The molecule has 1 atom stereocenters. The van der Waals surface area contributed by atoms with Crippen LogP contribution in [0.5, 0.6) is 0 Å². The second-order valence-electron chi connectivity index (χ2n) is 7.99. The number of nitrogens with one attached hydrogen (secondary N) is 1. The fourth-order valence-electron chi connectivity index (χ4n) is 3.89. The van der Waals surface area contributed by atoms with E-state index in [-0.39, 0.29) is 11.8 Å². The topological polar surface area (TPSA) is 89.1 Å². The molecule has 4 rings (SSSR count). The minimum atomic E-state index is -0.339. The molecule has 0 spiro atoms. The second kappa shape index (κ2) is 9.21. The minimum Gasteiger partial charge on any atom is -0.348 e. The van der Waals surface area contributed by atoms with E-state index >= 15 is 0 Å². The highest BCUT2D eigenvalue weighted by molar-refractivity contribution is 5.89. The molecule has 2 aromatic heterocycles. The van der Waals surface area contributed by atoms with Crippen LogP contribution in [0.3, 0.4) is 0 Å². The third-order valence-corrected chi connectivity index (χ3v) is 5.46. The summed E-state index contributed by atoms with van der Waals surface area (Å²) in [5.74, 6) is 0.763. The van der Waals surface area contributed by atoms with E-state index in [0.717, 1.165) is 48.9 Å². The molecule has 1 saturated heterocycles. The van der Waals surface area contributed by atoms with Crippen molar-refractivity contribution in [1.82, 2.24) is 30.1 Å². The van der Waals surface area contributed by atoms with Crippen molar-refractivity contribution >= 4 is 5.91 Å². The Morgan fingerprint density at radius 3 is 2.93 bits per heavy atom. The largest absolute Gasteiger partial charge is 0.348 e. The monoisotopic (exact) mass is 408 g/mol. The Morgan fingerprint density at radius 1 is 1.30 bits per heavy atom. The number of hydrogen-bond donors (Lipinski definition) is 1. The predicted octanol–water partition coefficient (Wildman–Crippen LogP) is 3.08. The van der Waals surface area contributed by atoms with Crippen LogP contribution >= 0.6 is 0 Å². The van der Waals surface area contributed by atoms with Crippen LogP contribution in [0.2, 0.25) is 0 Å². The zero-order valence-electron chi connectivity index (χ0n) is 17.5. The maximum Gasteiger partial charge on any atom is 0.316 e. The van der Waals surface area contributed by atoms with Crippen molar-refractivity contribution in [3.05, 3.63) is 48.1 Å². The van der Waals surface area contributed by atoms with Crippen LogP contribution < -0.4 is 5.32 Å². The highest BCUT2D eigenvalue weighted by Gasteiger charge is 2.19. The Balaban J connectivity index is 1.32. The van der Waals surface area contributed by atoms with Crippen LogP contribution in [0.4, 0.5) is 0 Å². The smallest absolute Gasteiger partial charge is 0.316 e. The molecular formula is C22H28N6O2. The Labute approximate surface area is 176 Å². The van der Waals surface area contributed by atoms with Crippen molar-refractivity contribution < 1.29 is 9.32 Å². The lowest BCUT2D eigenvalue weighted by molar-refractivity contribution is 0.0906. The quantitative estimate of drug-likeness (QED) is 0.605. The summed E-state index contributed by atoms with van der Waals surface area (Å²) < 4.78 is 6.96. The molecule has 0 saturated carbocycles. The number of para-hydroxylation sites is 1. The number of hydrogen-bond acceptors (Lipinski definition) is 6. The van der Waals surface area contributed by atoms with E-state index in [0.29, 0.717) is 12.4 Å². The summed E-state index contributed by atoms with van der Waals surface area (Å²) >= 11 is 0. The molecule has 0 radical (unpaired) electrons. The van der Waals surface area contributed by atoms with Crippen molar-refractivity contribution in [2.24, 2.45) is 5.92 Å². The van der Waals surface area contributed by atoms with Gasteiger partial charge in [0.1, 0.15) is 0 Å². The predicted molar refractivity (Wildman–Crippen MR) is 113 cm³/mol. The summed E-state index contributed by atoms with van der Waals surface area (Å²) in [5.41, 5.74) is 2.44. The number of piperidine rings is 1. The van der Waals surface area contributed by atoms with Gasteiger partial charge >= 0.3 is 11.8 Å². The first-order valence-electron chi connectivity index (χ1n) is 10.6. The number of rotatable bonds is 7. The van der Waals surface area contributed by atoms with Crippen LogP contribution in [0.15, 0.2) is 41.1 Å². The van der Waals surface area contributed by atoms with Gasteiger partial charge in [-0.15, -0.1) is 0 Å². The lowest BCUT2D eigenvalue weighted by Crippen LogP contribution is -2.36. The molecule has 3 aromatic rings. The van der Waals surface area contributed by atoms with Crippen molar-refractivity contribution in [3.8, 4) is 17.1 Å². The van der Waals surface area contributed by atoms with E-state index in [1.807, 2.05) is 43.5 Å². The molecule has 1 aromatic carbocycles. The average Bonchev–Trinajstić information content (AvgIpc) is 3.39. The zero-order valence-corrected chi connectivity index (χ0v) is 17.5. The molecule has 3 heterocycles. The van der Waals surface area contributed by atoms with Crippen LogP contribution in [0.1, 0.15) is 42.6 Å². The molecule has 1 amide bonds. The number of likely N-dealkylation sites (tertiary alicyclic amines) is 1. The number of amides is 1. The summed E-state index contributed by atoms with van der Waals surface area (Å²) in [4.78, 5) is 19.1. The molecule has 30 heavy (non-hydrogen) atoms. The average molecular weight is 409 g/mol. The number of aryl methyl sites for hydroxylation is 1. The summed E-state index contributed by atoms with van der Waals surface area (Å²) in [6.07, 6.45) is 5.33. The Morgan fingerprint density at radius 2 is 2.13 bits per heavy atom. The molecule has 1 aliphatic rings. The fourth-order valence-corrected chi connectivity index (χ4v) is 3.89. The van der Waals surface area contributed by atoms with E-state index in [1.54, 1.807) is 4.68 Å². The van der Waals surface area contributed by atoms with Crippen LogP contribution in [-0.4, -0.2) is 56.9 Å².